The zero-order valence-corrected chi connectivity index (χ0v) is 13.7. The minimum absolute atomic E-state index is 0.0345. The first-order valence-corrected chi connectivity index (χ1v) is 7.91. The van der Waals surface area contributed by atoms with Gasteiger partial charge in [-0.05, 0) is 24.1 Å². The number of hydrogen-bond donors (Lipinski definition) is 4. The summed E-state index contributed by atoms with van der Waals surface area (Å²) in [5.74, 6) is -0.0787. The number of anilines is 3. The summed E-state index contributed by atoms with van der Waals surface area (Å²) in [4.78, 5) is 28.0. The quantitative estimate of drug-likeness (QED) is 0.651. The van der Waals surface area contributed by atoms with Crippen LogP contribution in [0.4, 0.5) is 21.3 Å². The SMILES string of the molecule is CC(C)c1cnc(NC(=O)Nc2cccc(NCC(N)=O)c2)s1. The molecule has 0 saturated carbocycles. The smallest absolute Gasteiger partial charge is 0.325 e. The minimum Gasteiger partial charge on any atom is -0.376 e. The van der Waals surface area contributed by atoms with Gasteiger partial charge in [0.05, 0.1) is 6.54 Å². The number of nitrogens with one attached hydrogen (secondary N) is 3. The van der Waals surface area contributed by atoms with Crippen LogP contribution in [0.15, 0.2) is 30.5 Å². The number of primary amides is 1. The van der Waals surface area contributed by atoms with E-state index in [1.807, 2.05) is 0 Å². The number of nitrogens with two attached hydrogens (primary N) is 1. The highest BCUT2D eigenvalue weighted by atomic mass is 32.1. The first-order valence-electron chi connectivity index (χ1n) is 7.10. The Hall–Kier alpha value is -2.61. The topological polar surface area (TPSA) is 109 Å². The van der Waals surface area contributed by atoms with Gasteiger partial charge in [-0.2, -0.15) is 0 Å². The lowest BCUT2D eigenvalue weighted by Crippen LogP contribution is -2.22. The lowest BCUT2D eigenvalue weighted by molar-refractivity contribution is -0.116. The van der Waals surface area contributed by atoms with Crippen molar-refractivity contribution in [2.24, 2.45) is 5.73 Å². The van der Waals surface area contributed by atoms with Gasteiger partial charge in [0, 0.05) is 22.4 Å². The Morgan fingerprint density at radius 2 is 2.00 bits per heavy atom. The average Bonchev–Trinajstić information content (AvgIpc) is 2.94. The molecule has 0 spiro atoms. The van der Waals surface area contributed by atoms with E-state index in [0.29, 0.717) is 22.4 Å². The largest absolute Gasteiger partial charge is 0.376 e. The zero-order valence-electron chi connectivity index (χ0n) is 12.9. The van der Waals surface area contributed by atoms with Crippen molar-refractivity contribution in [1.29, 1.82) is 0 Å². The number of rotatable bonds is 6. The third kappa shape index (κ3) is 5.26. The van der Waals surface area contributed by atoms with E-state index >= 15 is 0 Å². The van der Waals surface area contributed by atoms with E-state index in [4.69, 9.17) is 5.73 Å². The summed E-state index contributed by atoms with van der Waals surface area (Å²) in [6, 6.07) is 6.63. The van der Waals surface area contributed by atoms with Crippen LogP contribution in [-0.2, 0) is 4.79 Å². The molecule has 7 nitrogen and oxygen atoms in total. The van der Waals surface area contributed by atoms with E-state index < -0.39 is 5.91 Å². The minimum atomic E-state index is -0.453. The number of benzene rings is 1. The number of hydrogen-bond acceptors (Lipinski definition) is 5. The molecule has 0 aliphatic carbocycles. The molecule has 5 N–H and O–H groups in total. The highest BCUT2D eigenvalue weighted by Crippen LogP contribution is 2.25. The second-order valence-corrected chi connectivity index (χ2v) is 6.26. The Kier molecular flexibility index (Phi) is 5.53. The van der Waals surface area contributed by atoms with Crippen LogP contribution >= 0.6 is 11.3 Å². The molecule has 0 aliphatic rings. The van der Waals surface area contributed by atoms with Crippen molar-refractivity contribution in [2.75, 3.05) is 22.5 Å². The fourth-order valence-electron chi connectivity index (χ4n) is 1.77. The summed E-state index contributed by atoms with van der Waals surface area (Å²) in [6.45, 7) is 4.18. The van der Waals surface area contributed by atoms with Crippen molar-refractivity contribution in [2.45, 2.75) is 19.8 Å². The molecule has 0 bridgehead atoms. The van der Waals surface area contributed by atoms with Gasteiger partial charge >= 0.3 is 6.03 Å². The first kappa shape index (κ1) is 16.8. The van der Waals surface area contributed by atoms with Gasteiger partial charge in [-0.15, -0.1) is 11.3 Å². The van der Waals surface area contributed by atoms with Crippen LogP contribution < -0.4 is 21.7 Å². The fourth-order valence-corrected chi connectivity index (χ4v) is 2.58. The maximum Gasteiger partial charge on any atom is 0.325 e. The Balaban J connectivity index is 1.94. The summed E-state index contributed by atoms with van der Waals surface area (Å²) in [5, 5.41) is 8.83. The van der Waals surface area contributed by atoms with Crippen molar-refractivity contribution in [3.05, 3.63) is 35.3 Å². The Morgan fingerprint density at radius 1 is 1.26 bits per heavy atom. The summed E-state index contributed by atoms with van der Waals surface area (Å²) >= 11 is 1.45. The van der Waals surface area contributed by atoms with Gasteiger partial charge in [-0.25, -0.2) is 9.78 Å². The number of carbonyl (C=O) groups excluding carboxylic acids is 2. The molecule has 0 saturated heterocycles. The van der Waals surface area contributed by atoms with Gasteiger partial charge in [0.15, 0.2) is 5.13 Å². The standard InChI is InChI=1S/C15H19N5O2S/c1-9(2)12-7-18-15(23-12)20-14(22)19-11-5-3-4-10(6-11)17-8-13(16)21/h3-7,9,17H,8H2,1-2H3,(H2,16,21)(H2,18,19,20,22). The fraction of sp³-hybridized carbons (Fsp3) is 0.267. The summed E-state index contributed by atoms with van der Waals surface area (Å²) in [7, 11) is 0. The number of amides is 3. The molecule has 2 rings (SSSR count). The van der Waals surface area contributed by atoms with Crippen molar-refractivity contribution in [3.8, 4) is 0 Å². The molecule has 0 unspecified atom stereocenters. The third-order valence-electron chi connectivity index (χ3n) is 2.90. The molecule has 3 amide bonds. The first-order chi connectivity index (χ1) is 10.9. The lowest BCUT2D eigenvalue weighted by Gasteiger charge is -2.08. The van der Waals surface area contributed by atoms with Gasteiger partial charge in [-0.3, -0.25) is 10.1 Å². The van der Waals surface area contributed by atoms with E-state index in [2.05, 4.69) is 34.8 Å². The van der Waals surface area contributed by atoms with Crippen LogP contribution in [-0.4, -0.2) is 23.5 Å². The maximum absolute atomic E-state index is 12.0. The zero-order chi connectivity index (χ0) is 16.8. The van der Waals surface area contributed by atoms with E-state index in [0.717, 1.165) is 4.88 Å². The van der Waals surface area contributed by atoms with E-state index in [1.54, 1.807) is 30.5 Å². The van der Waals surface area contributed by atoms with Crippen LogP contribution in [0.3, 0.4) is 0 Å². The van der Waals surface area contributed by atoms with Crippen molar-refractivity contribution in [3.63, 3.8) is 0 Å². The number of thiazole rings is 1. The Morgan fingerprint density at radius 3 is 2.65 bits per heavy atom. The van der Waals surface area contributed by atoms with E-state index in [9.17, 15) is 9.59 Å². The maximum atomic E-state index is 12.0. The van der Waals surface area contributed by atoms with Crippen LogP contribution in [0.5, 0.6) is 0 Å². The molecule has 2 aromatic rings. The van der Waals surface area contributed by atoms with Gasteiger partial charge in [0.1, 0.15) is 0 Å². The van der Waals surface area contributed by atoms with E-state index in [1.165, 1.54) is 11.3 Å². The van der Waals surface area contributed by atoms with Crippen molar-refractivity contribution in [1.82, 2.24) is 4.98 Å². The molecule has 122 valence electrons. The van der Waals surface area contributed by atoms with Crippen LogP contribution in [0.25, 0.3) is 0 Å². The second kappa shape index (κ2) is 7.59. The molecule has 0 radical (unpaired) electrons. The molecular weight excluding hydrogens is 314 g/mol. The van der Waals surface area contributed by atoms with Crippen LogP contribution in [0.1, 0.15) is 24.6 Å². The lowest BCUT2D eigenvalue weighted by atomic mass is 10.2. The molecule has 0 atom stereocenters. The molecule has 1 aromatic heterocycles. The number of carbonyl (C=O) groups is 2. The highest BCUT2D eigenvalue weighted by molar-refractivity contribution is 7.15. The highest BCUT2D eigenvalue weighted by Gasteiger charge is 2.09. The van der Waals surface area contributed by atoms with Crippen molar-refractivity contribution < 1.29 is 9.59 Å². The van der Waals surface area contributed by atoms with Gasteiger partial charge in [0.25, 0.3) is 0 Å². The molecule has 1 aromatic carbocycles. The molecule has 0 fully saturated rings. The molecule has 23 heavy (non-hydrogen) atoms. The van der Waals surface area contributed by atoms with Crippen LogP contribution in [0, 0.1) is 0 Å². The van der Waals surface area contributed by atoms with Crippen LogP contribution in [0.2, 0.25) is 0 Å². The molecule has 0 aliphatic heterocycles. The van der Waals surface area contributed by atoms with Crippen molar-refractivity contribution >= 4 is 39.8 Å². The predicted molar refractivity (Wildman–Crippen MR) is 93.0 cm³/mol. The Bertz CT molecular complexity index is 699. The average molecular weight is 333 g/mol. The summed E-state index contributed by atoms with van der Waals surface area (Å²) in [6.07, 6.45) is 1.76. The second-order valence-electron chi connectivity index (χ2n) is 5.20. The summed E-state index contributed by atoms with van der Waals surface area (Å²) < 4.78 is 0. The molecule has 8 heteroatoms. The number of urea groups is 1. The number of aromatic nitrogens is 1. The normalized spacial score (nSPS) is 10.4. The molecule has 1 heterocycles. The Labute approximate surface area is 138 Å². The predicted octanol–water partition coefficient (Wildman–Crippen LogP) is 2.81. The molecular formula is C15H19N5O2S. The van der Waals surface area contributed by atoms with E-state index in [-0.39, 0.29) is 12.6 Å². The monoisotopic (exact) mass is 333 g/mol. The van der Waals surface area contributed by atoms with Gasteiger partial charge in [-0.1, -0.05) is 19.9 Å². The third-order valence-corrected chi connectivity index (χ3v) is 4.11. The van der Waals surface area contributed by atoms with Gasteiger partial charge < -0.3 is 16.4 Å². The summed E-state index contributed by atoms with van der Waals surface area (Å²) in [5.41, 5.74) is 6.37. The number of nitrogens with zero attached hydrogens (tertiary/aromatic N) is 1. The van der Waals surface area contributed by atoms with Gasteiger partial charge in [0.2, 0.25) is 5.91 Å².